The van der Waals surface area contributed by atoms with E-state index >= 15 is 0 Å². The van der Waals surface area contributed by atoms with Crippen LogP contribution in [-0.4, -0.2) is 72.2 Å². The first-order chi connectivity index (χ1) is 15.7. The zero-order chi connectivity index (χ0) is 22.2. The number of hydrogen-bond donors (Lipinski definition) is 1. The van der Waals surface area contributed by atoms with E-state index in [0.717, 1.165) is 35.8 Å². The van der Waals surface area contributed by atoms with E-state index in [2.05, 4.69) is 39.0 Å². The van der Waals surface area contributed by atoms with Crippen molar-refractivity contribution in [2.24, 2.45) is 0 Å². The van der Waals surface area contributed by atoms with E-state index in [1.165, 1.54) is 17.3 Å². The number of hydrogen-bond acceptors (Lipinski definition) is 6. The van der Waals surface area contributed by atoms with E-state index in [9.17, 15) is 4.79 Å². The van der Waals surface area contributed by atoms with Gasteiger partial charge in [-0.15, -0.1) is 0 Å². The van der Waals surface area contributed by atoms with Crippen LogP contribution in [0, 0.1) is 0 Å². The summed E-state index contributed by atoms with van der Waals surface area (Å²) in [5, 5.41) is 3.86. The predicted octanol–water partition coefficient (Wildman–Crippen LogP) is 2.79. The molecule has 0 bridgehead atoms. The van der Waals surface area contributed by atoms with E-state index in [0.29, 0.717) is 32.1 Å². The van der Waals surface area contributed by atoms with Gasteiger partial charge in [0.05, 0.1) is 36.1 Å². The molecule has 0 spiro atoms. The van der Waals surface area contributed by atoms with Crippen LogP contribution in [0.25, 0.3) is 11.0 Å². The highest BCUT2D eigenvalue weighted by Gasteiger charge is 2.21. The van der Waals surface area contributed by atoms with E-state index < -0.39 is 0 Å². The Balaban J connectivity index is 1.26. The fourth-order valence-electron chi connectivity index (χ4n) is 3.86. The summed E-state index contributed by atoms with van der Waals surface area (Å²) in [5.41, 5.74) is 3.28. The number of amides is 1. The summed E-state index contributed by atoms with van der Waals surface area (Å²) in [6, 6.07) is 18.5. The van der Waals surface area contributed by atoms with Gasteiger partial charge in [0.15, 0.2) is 5.16 Å². The predicted molar refractivity (Wildman–Crippen MR) is 127 cm³/mol. The third kappa shape index (κ3) is 6.10. The minimum absolute atomic E-state index is 0.00712. The van der Waals surface area contributed by atoms with Crippen molar-refractivity contribution in [1.82, 2.24) is 19.8 Å². The van der Waals surface area contributed by atoms with Gasteiger partial charge in [-0.3, -0.25) is 9.69 Å². The third-order valence-electron chi connectivity index (χ3n) is 5.47. The number of morpholine rings is 1. The molecule has 2 heterocycles. The number of ether oxygens (including phenoxy) is 2. The highest BCUT2D eigenvalue weighted by molar-refractivity contribution is 7.99. The largest absolute Gasteiger partial charge is 0.383 e. The molecule has 1 saturated heterocycles. The van der Waals surface area contributed by atoms with Gasteiger partial charge in [-0.05, 0) is 17.7 Å². The van der Waals surface area contributed by atoms with Crippen molar-refractivity contribution >= 4 is 28.7 Å². The summed E-state index contributed by atoms with van der Waals surface area (Å²) in [4.78, 5) is 19.6. The minimum atomic E-state index is -0.0101. The number of nitrogens with zero attached hydrogens (tertiary/aromatic N) is 3. The lowest BCUT2D eigenvalue weighted by Crippen LogP contribution is -2.47. The fraction of sp³-hybridized carbons (Fsp3) is 0.417. The summed E-state index contributed by atoms with van der Waals surface area (Å²) < 4.78 is 13.2. The Bertz CT molecular complexity index is 1010. The fourth-order valence-corrected chi connectivity index (χ4v) is 4.73. The molecule has 1 aliphatic rings. The molecule has 7 nitrogen and oxygen atoms in total. The first-order valence-corrected chi connectivity index (χ1v) is 11.9. The number of methoxy groups -OCH3 is 1. The number of imidazole rings is 1. The van der Waals surface area contributed by atoms with E-state index in [1.807, 2.05) is 30.3 Å². The van der Waals surface area contributed by atoms with Gasteiger partial charge in [0.1, 0.15) is 0 Å². The van der Waals surface area contributed by atoms with Crippen LogP contribution in [0.2, 0.25) is 0 Å². The van der Waals surface area contributed by atoms with Gasteiger partial charge in [0.2, 0.25) is 5.91 Å². The second kappa shape index (κ2) is 11.5. The molecule has 1 fully saturated rings. The summed E-state index contributed by atoms with van der Waals surface area (Å²) in [6.07, 6.45) is 0.00712. The van der Waals surface area contributed by atoms with Gasteiger partial charge in [-0.2, -0.15) is 0 Å². The van der Waals surface area contributed by atoms with Crippen LogP contribution in [0.1, 0.15) is 5.56 Å². The summed E-state index contributed by atoms with van der Waals surface area (Å²) in [6.45, 7) is 5.13. The van der Waals surface area contributed by atoms with Gasteiger partial charge < -0.3 is 19.4 Å². The molecule has 4 rings (SSSR count). The summed E-state index contributed by atoms with van der Waals surface area (Å²) >= 11 is 1.45. The van der Waals surface area contributed by atoms with Crippen LogP contribution in [-0.2, 0) is 27.4 Å². The van der Waals surface area contributed by atoms with Crippen molar-refractivity contribution < 1.29 is 14.3 Å². The molecule has 1 unspecified atom stereocenters. The van der Waals surface area contributed by atoms with Crippen LogP contribution < -0.4 is 5.32 Å². The number of nitrogens with one attached hydrogen (secondary N) is 1. The molecule has 1 amide bonds. The molecule has 0 saturated carbocycles. The molecular formula is C24H30N4O3S. The lowest BCUT2D eigenvalue weighted by molar-refractivity contribution is -0.119. The third-order valence-corrected chi connectivity index (χ3v) is 6.45. The highest BCUT2D eigenvalue weighted by Crippen LogP contribution is 2.24. The summed E-state index contributed by atoms with van der Waals surface area (Å²) in [7, 11) is 1.69. The number of para-hydroxylation sites is 2. The number of benzene rings is 2. The number of rotatable bonds is 10. The zero-order valence-corrected chi connectivity index (χ0v) is 19.2. The molecule has 32 heavy (non-hydrogen) atoms. The van der Waals surface area contributed by atoms with Gasteiger partial charge in [-0.1, -0.05) is 54.2 Å². The Kier molecular flexibility index (Phi) is 8.17. The Morgan fingerprint density at radius 2 is 2.03 bits per heavy atom. The summed E-state index contributed by atoms with van der Waals surface area (Å²) in [5.74, 6) is 0.306. The van der Waals surface area contributed by atoms with Crippen LogP contribution in [0.3, 0.4) is 0 Å². The van der Waals surface area contributed by atoms with Gasteiger partial charge >= 0.3 is 0 Å². The lowest BCUT2D eigenvalue weighted by atomic mass is 10.2. The standard InChI is InChI=1S/C24H30N4O3S/c1-30-13-12-28-22-10-6-5-9-21(22)26-24(28)32-18-23(29)25-15-20-17-27(11-14-31-20)16-19-7-3-2-4-8-19/h2-10,20H,11-18H2,1H3,(H,25,29). The van der Waals surface area contributed by atoms with Crippen LogP contribution in [0.4, 0.5) is 0 Å². The first kappa shape index (κ1) is 22.8. The van der Waals surface area contributed by atoms with Gasteiger partial charge in [-0.25, -0.2) is 4.98 Å². The number of thioether (sulfide) groups is 1. The van der Waals surface area contributed by atoms with Crippen molar-refractivity contribution in [3.63, 3.8) is 0 Å². The maximum atomic E-state index is 12.5. The quantitative estimate of drug-likeness (QED) is 0.475. The van der Waals surface area contributed by atoms with Crippen molar-refractivity contribution in [2.45, 2.75) is 24.3 Å². The number of aromatic nitrogens is 2. The average molecular weight is 455 g/mol. The van der Waals surface area contributed by atoms with E-state index in [4.69, 9.17) is 14.5 Å². The van der Waals surface area contributed by atoms with Crippen molar-refractivity contribution in [1.29, 1.82) is 0 Å². The lowest BCUT2D eigenvalue weighted by Gasteiger charge is -2.33. The smallest absolute Gasteiger partial charge is 0.230 e. The second-order valence-corrected chi connectivity index (χ2v) is 8.78. The number of carbonyl (C=O) groups excluding carboxylic acids is 1. The Hall–Kier alpha value is -2.39. The molecule has 3 aromatic rings. The topological polar surface area (TPSA) is 68.6 Å². The molecule has 170 valence electrons. The maximum Gasteiger partial charge on any atom is 0.230 e. The van der Waals surface area contributed by atoms with Gasteiger partial charge in [0.25, 0.3) is 0 Å². The zero-order valence-electron chi connectivity index (χ0n) is 18.4. The molecule has 1 N–H and O–H groups in total. The molecule has 1 aromatic heterocycles. The van der Waals surface area contributed by atoms with Crippen LogP contribution in [0.15, 0.2) is 59.8 Å². The SMILES string of the molecule is COCCn1c(SCC(=O)NCC2CN(Cc3ccccc3)CCO2)nc2ccccc21. The number of carbonyl (C=O) groups is 1. The molecule has 0 aliphatic carbocycles. The molecule has 1 aliphatic heterocycles. The molecular weight excluding hydrogens is 424 g/mol. The van der Waals surface area contributed by atoms with Crippen LogP contribution in [0.5, 0.6) is 0 Å². The Morgan fingerprint density at radius 3 is 2.88 bits per heavy atom. The van der Waals surface area contributed by atoms with E-state index in [1.54, 1.807) is 7.11 Å². The second-order valence-electron chi connectivity index (χ2n) is 7.83. The van der Waals surface area contributed by atoms with Crippen molar-refractivity contribution in [2.75, 3.05) is 45.7 Å². The van der Waals surface area contributed by atoms with E-state index in [-0.39, 0.29) is 12.0 Å². The van der Waals surface area contributed by atoms with Crippen molar-refractivity contribution in [3.05, 3.63) is 60.2 Å². The minimum Gasteiger partial charge on any atom is -0.383 e. The Labute approximate surface area is 193 Å². The first-order valence-electron chi connectivity index (χ1n) is 10.9. The average Bonchev–Trinajstić information content (AvgIpc) is 3.18. The molecule has 1 atom stereocenters. The monoisotopic (exact) mass is 454 g/mol. The molecule has 2 aromatic carbocycles. The normalized spacial score (nSPS) is 17.0. The van der Waals surface area contributed by atoms with Gasteiger partial charge in [0, 0.05) is 39.8 Å². The maximum absolute atomic E-state index is 12.5. The van der Waals surface area contributed by atoms with Crippen LogP contribution >= 0.6 is 11.8 Å². The molecule has 8 heteroatoms. The van der Waals surface area contributed by atoms with Crippen molar-refractivity contribution in [3.8, 4) is 0 Å². The number of fused-ring (bicyclic) bond motifs is 1. The Morgan fingerprint density at radius 1 is 1.22 bits per heavy atom. The highest BCUT2D eigenvalue weighted by atomic mass is 32.2. The molecule has 0 radical (unpaired) electrons.